The Morgan fingerprint density at radius 3 is 2.07 bits per heavy atom. The minimum absolute atomic E-state index is 0.875. The second-order valence-corrected chi connectivity index (χ2v) is 15.8. The molecule has 4 heteroatoms. The van der Waals surface area contributed by atoms with E-state index in [0.29, 0.717) is 0 Å². The lowest BCUT2D eigenvalue weighted by Crippen LogP contribution is -2.15. The van der Waals surface area contributed by atoms with Crippen LogP contribution in [0.15, 0.2) is 197 Å². The van der Waals surface area contributed by atoms with E-state index in [1.807, 2.05) is 12.1 Å². The van der Waals surface area contributed by atoms with Gasteiger partial charge in [-0.15, -0.1) is 0 Å². The third kappa shape index (κ3) is 4.74. The van der Waals surface area contributed by atoms with Crippen LogP contribution in [0.1, 0.15) is 17.5 Å². The first-order valence-corrected chi connectivity index (χ1v) is 20.4. The number of nitrogens with zero attached hydrogens (tertiary/aromatic N) is 3. The number of furan rings is 1. The van der Waals surface area contributed by atoms with E-state index in [4.69, 9.17) is 9.41 Å². The SMILES string of the molecule is C1=C(c2ccc3c(c2)oc2ccccc23)C(n2c3cc(-n4c5ccccc5c5ccc6ccccc6c54)ccc3c3c4ccccc4ccc32)=Nc2ccccc2CC1. The van der Waals surface area contributed by atoms with E-state index >= 15 is 0 Å². The number of benzene rings is 9. The van der Waals surface area contributed by atoms with Gasteiger partial charge in [0.05, 0.1) is 27.8 Å². The Morgan fingerprint density at radius 1 is 0.458 bits per heavy atom. The van der Waals surface area contributed by atoms with Crippen molar-refractivity contribution in [3.63, 3.8) is 0 Å². The Kier molecular flexibility index (Phi) is 6.81. The van der Waals surface area contributed by atoms with Gasteiger partial charge < -0.3 is 8.98 Å². The summed E-state index contributed by atoms with van der Waals surface area (Å²) < 4.78 is 11.4. The van der Waals surface area contributed by atoms with Gasteiger partial charge in [-0.25, -0.2) is 4.99 Å². The number of allylic oxidation sites excluding steroid dienone is 2. The van der Waals surface area contributed by atoms with Crippen LogP contribution in [-0.2, 0) is 6.42 Å². The van der Waals surface area contributed by atoms with E-state index in [0.717, 1.165) is 74.2 Å². The Morgan fingerprint density at radius 2 is 1.15 bits per heavy atom. The molecule has 59 heavy (non-hydrogen) atoms. The molecule has 276 valence electrons. The fourth-order valence-corrected chi connectivity index (χ4v) is 9.92. The van der Waals surface area contributed by atoms with Crippen molar-refractivity contribution in [1.82, 2.24) is 9.13 Å². The lowest BCUT2D eigenvalue weighted by Gasteiger charge is -2.19. The highest BCUT2D eigenvalue weighted by Crippen LogP contribution is 2.42. The molecule has 0 bridgehead atoms. The molecule has 0 saturated heterocycles. The first kappa shape index (κ1) is 32.4. The average Bonchev–Trinajstić information content (AvgIpc) is 3.94. The second-order valence-electron chi connectivity index (χ2n) is 15.8. The minimum atomic E-state index is 0.875. The maximum absolute atomic E-state index is 6.49. The van der Waals surface area contributed by atoms with E-state index in [9.17, 15) is 0 Å². The van der Waals surface area contributed by atoms with Gasteiger partial charge in [0.25, 0.3) is 0 Å². The summed E-state index contributed by atoms with van der Waals surface area (Å²) in [6.07, 6.45) is 4.18. The molecular weight excluding hydrogens is 719 g/mol. The zero-order valence-corrected chi connectivity index (χ0v) is 32.1. The van der Waals surface area contributed by atoms with Crippen LogP contribution >= 0.6 is 0 Å². The normalized spacial score (nSPS) is 13.5. The van der Waals surface area contributed by atoms with Gasteiger partial charge in [-0.05, 0) is 88.7 Å². The summed E-state index contributed by atoms with van der Waals surface area (Å²) in [7, 11) is 0. The molecule has 13 rings (SSSR count). The summed E-state index contributed by atoms with van der Waals surface area (Å²) in [4.78, 5) is 5.71. The van der Waals surface area contributed by atoms with E-state index in [1.165, 1.54) is 59.7 Å². The number of hydrogen-bond donors (Lipinski definition) is 0. The molecule has 0 aliphatic carbocycles. The van der Waals surface area contributed by atoms with E-state index < -0.39 is 0 Å². The van der Waals surface area contributed by atoms with Crippen LogP contribution in [0.3, 0.4) is 0 Å². The molecule has 12 aromatic rings. The van der Waals surface area contributed by atoms with Crippen LogP contribution in [0.2, 0.25) is 0 Å². The molecule has 1 aliphatic rings. The molecule has 1 aliphatic heterocycles. The van der Waals surface area contributed by atoms with Crippen LogP contribution < -0.4 is 0 Å². The van der Waals surface area contributed by atoms with Crippen molar-refractivity contribution in [3.8, 4) is 5.69 Å². The topological polar surface area (TPSA) is 35.4 Å². The van der Waals surface area contributed by atoms with Crippen molar-refractivity contribution in [2.24, 2.45) is 4.99 Å². The first-order chi connectivity index (χ1) is 29.3. The number of aryl methyl sites for hydroxylation is 1. The Hall–Kier alpha value is -7.69. The zero-order valence-electron chi connectivity index (χ0n) is 32.1. The fourth-order valence-electron chi connectivity index (χ4n) is 9.92. The van der Waals surface area contributed by atoms with E-state index in [2.05, 4.69) is 185 Å². The van der Waals surface area contributed by atoms with Crippen molar-refractivity contribution >= 4 is 104 Å². The van der Waals surface area contributed by atoms with Crippen LogP contribution in [0.5, 0.6) is 0 Å². The molecule has 0 saturated carbocycles. The number of hydrogen-bond acceptors (Lipinski definition) is 2. The molecule has 0 atom stereocenters. The Bertz CT molecular complexity index is 3800. The smallest absolute Gasteiger partial charge is 0.145 e. The third-order valence-corrected chi connectivity index (χ3v) is 12.6. The van der Waals surface area contributed by atoms with Gasteiger partial charge in [-0.3, -0.25) is 4.57 Å². The van der Waals surface area contributed by atoms with Crippen molar-refractivity contribution in [2.45, 2.75) is 12.8 Å². The van der Waals surface area contributed by atoms with Gasteiger partial charge in [-0.2, -0.15) is 0 Å². The highest BCUT2D eigenvalue weighted by atomic mass is 16.3. The van der Waals surface area contributed by atoms with Gasteiger partial charge >= 0.3 is 0 Å². The summed E-state index contributed by atoms with van der Waals surface area (Å²) in [6, 6.07) is 66.0. The average molecular weight is 754 g/mol. The quantitative estimate of drug-likeness (QED) is 0.173. The Labute approximate surface area is 339 Å². The minimum Gasteiger partial charge on any atom is -0.456 e. The lowest BCUT2D eigenvalue weighted by atomic mass is 9.97. The molecule has 0 N–H and O–H groups in total. The number of fused-ring (bicyclic) bond motifs is 14. The number of aromatic nitrogens is 2. The summed E-state index contributed by atoms with van der Waals surface area (Å²) in [5, 5.41) is 12.1. The number of rotatable bonds is 2. The Balaban J connectivity index is 1.15. The van der Waals surface area contributed by atoms with Gasteiger partial charge in [0, 0.05) is 49.0 Å². The monoisotopic (exact) mass is 753 g/mol. The maximum atomic E-state index is 6.49. The van der Waals surface area contributed by atoms with Crippen LogP contribution in [0.4, 0.5) is 5.69 Å². The third-order valence-electron chi connectivity index (χ3n) is 12.6. The molecule has 4 nitrogen and oxygen atoms in total. The molecule has 0 amide bonds. The van der Waals surface area contributed by atoms with Crippen LogP contribution in [0, 0.1) is 0 Å². The molecular formula is C55H35N3O. The number of aliphatic imine (C=N–C) groups is 1. The van der Waals surface area contributed by atoms with Gasteiger partial charge in [0.15, 0.2) is 0 Å². The molecule has 0 radical (unpaired) electrons. The zero-order chi connectivity index (χ0) is 38.6. The predicted octanol–water partition coefficient (Wildman–Crippen LogP) is 14.7. The van der Waals surface area contributed by atoms with E-state index in [1.54, 1.807) is 0 Å². The molecule has 0 fully saturated rings. The summed E-state index contributed by atoms with van der Waals surface area (Å²) in [5.74, 6) is 0.896. The van der Waals surface area contributed by atoms with Crippen molar-refractivity contribution in [1.29, 1.82) is 0 Å². The van der Waals surface area contributed by atoms with E-state index in [-0.39, 0.29) is 0 Å². The highest BCUT2D eigenvalue weighted by molar-refractivity contribution is 6.33. The first-order valence-electron chi connectivity index (χ1n) is 20.4. The molecule has 0 spiro atoms. The molecule has 3 aromatic heterocycles. The largest absolute Gasteiger partial charge is 0.456 e. The summed E-state index contributed by atoms with van der Waals surface area (Å²) in [6.45, 7) is 0. The standard InChI is InChI=1S/C55H35N3O/c1-4-16-39-34(12-1)26-31-49-53(39)46-30-27-38(57-48-22-9-6-18-42(48)45-29-24-35-13-2-5-17-40(35)54(45)57)33-50(46)58(49)55-41(20-11-15-36-14-3-8-21-47(36)56-55)37-25-28-44-43-19-7-10-23-51(43)59-52(44)32-37/h1-10,12-14,16-33H,11,15H2. The van der Waals surface area contributed by atoms with Gasteiger partial charge in [0.2, 0.25) is 0 Å². The van der Waals surface area contributed by atoms with Gasteiger partial charge in [-0.1, -0.05) is 140 Å². The molecule has 9 aromatic carbocycles. The molecule has 0 unspecified atom stereocenters. The molecule has 4 heterocycles. The highest BCUT2D eigenvalue weighted by Gasteiger charge is 2.24. The predicted molar refractivity (Wildman–Crippen MR) is 248 cm³/mol. The van der Waals surface area contributed by atoms with Gasteiger partial charge in [0.1, 0.15) is 17.0 Å². The fraction of sp³-hybridized carbons (Fsp3) is 0.0364. The lowest BCUT2D eigenvalue weighted by molar-refractivity contribution is 0.669. The second kappa shape index (κ2) is 12.4. The van der Waals surface area contributed by atoms with Crippen molar-refractivity contribution < 1.29 is 4.42 Å². The summed E-state index contributed by atoms with van der Waals surface area (Å²) in [5.41, 5.74) is 11.9. The number of para-hydroxylation sites is 3. The van der Waals surface area contributed by atoms with Crippen LogP contribution in [-0.4, -0.2) is 15.0 Å². The van der Waals surface area contributed by atoms with Crippen molar-refractivity contribution in [2.75, 3.05) is 0 Å². The van der Waals surface area contributed by atoms with Crippen molar-refractivity contribution in [3.05, 3.63) is 199 Å². The maximum Gasteiger partial charge on any atom is 0.145 e. The summed E-state index contributed by atoms with van der Waals surface area (Å²) >= 11 is 0. The van der Waals surface area contributed by atoms with Crippen LogP contribution in [0.25, 0.3) is 98.4 Å².